The van der Waals surface area contributed by atoms with Crippen LogP contribution in [0.5, 0.6) is 5.75 Å². The summed E-state index contributed by atoms with van der Waals surface area (Å²) in [5, 5.41) is 6.11. The Balaban J connectivity index is 2.35. The van der Waals surface area contributed by atoms with Crippen molar-refractivity contribution in [2.45, 2.75) is 39.5 Å². The van der Waals surface area contributed by atoms with Gasteiger partial charge in [0.15, 0.2) is 0 Å². The molecule has 0 saturated heterocycles. The first kappa shape index (κ1) is 18.3. The number of hydrogen-bond acceptors (Lipinski definition) is 3. The molecule has 2 N–H and O–H groups in total. The van der Waals surface area contributed by atoms with Crippen molar-refractivity contribution < 1.29 is 14.3 Å². The molecule has 1 aromatic rings. The molecule has 0 saturated carbocycles. The number of benzene rings is 1. The van der Waals surface area contributed by atoms with E-state index in [0.29, 0.717) is 36.0 Å². The highest BCUT2D eigenvalue weighted by molar-refractivity contribution is 6.31. The lowest BCUT2D eigenvalue weighted by Gasteiger charge is -2.12. The Kier molecular flexibility index (Phi) is 8.36. The third-order valence-electron chi connectivity index (χ3n) is 2.97. The van der Waals surface area contributed by atoms with Gasteiger partial charge in [-0.1, -0.05) is 18.0 Å². The Hall–Kier alpha value is -1.75. The number of nitrogens with one attached hydrogen (secondary N) is 2. The van der Waals surface area contributed by atoms with E-state index >= 15 is 0 Å². The average Bonchev–Trinajstić information content (AvgIpc) is 2.45. The molecular formula is C16H23ClN2O3. The van der Waals surface area contributed by atoms with Crippen LogP contribution in [0.15, 0.2) is 18.2 Å². The lowest BCUT2D eigenvalue weighted by Crippen LogP contribution is -2.20. The fourth-order valence-electron chi connectivity index (χ4n) is 1.95. The number of halogens is 1. The smallest absolute Gasteiger partial charge is 0.224 e. The maximum atomic E-state index is 11.9. The minimum absolute atomic E-state index is 0.0258. The van der Waals surface area contributed by atoms with Crippen LogP contribution in [-0.4, -0.2) is 25.0 Å². The minimum Gasteiger partial charge on any atom is -0.492 e. The SMILES string of the molecule is CCOc1ccc(Cl)cc1NC(=O)CCCCCNC(C)=O. The van der Waals surface area contributed by atoms with Crippen molar-refractivity contribution in [1.29, 1.82) is 0 Å². The van der Waals surface area contributed by atoms with Gasteiger partial charge in [0.2, 0.25) is 11.8 Å². The molecule has 0 unspecified atom stereocenters. The fourth-order valence-corrected chi connectivity index (χ4v) is 2.12. The van der Waals surface area contributed by atoms with E-state index in [0.717, 1.165) is 19.3 Å². The largest absolute Gasteiger partial charge is 0.492 e. The van der Waals surface area contributed by atoms with E-state index in [1.54, 1.807) is 18.2 Å². The van der Waals surface area contributed by atoms with Crippen LogP contribution in [0.1, 0.15) is 39.5 Å². The number of hydrogen-bond donors (Lipinski definition) is 2. The molecule has 22 heavy (non-hydrogen) atoms. The van der Waals surface area contributed by atoms with Crippen LogP contribution in [0.4, 0.5) is 5.69 Å². The summed E-state index contributed by atoms with van der Waals surface area (Å²) in [5.74, 6) is 0.524. The number of anilines is 1. The summed E-state index contributed by atoms with van der Waals surface area (Å²) in [6.07, 6.45) is 2.96. The molecule has 2 amide bonds. The Morgan fingerprint density at radius 3 is 2.68 bits per heavy atom. The van der Waals surface area contributed by atoms with Crippen LogP contribution in [0.2, 0.25) is 5.02 Å². The van der Waals surface area contributed by atoms with Crippen LogP contribution < -0.4 is 15.4 Å². The third kappa shape index (κ3) is 7.31. The Labute approximate surface area is 136 Å². The third-order valence-corrected chi connectivity index (χ3v) is 3.21. The highest BCUT2D eigenvalue weighted by atomic mass is 35.5. The van der Waals surface area contributed by atoms with E-state index in [2.05, 4.69) is 10.6 Å². The van der Waals surface area contributed by atoms with Gasteiger partial charge in [-0.15, -0.1) is 0 Å². The van der Waals surface area contributed by atoms with Crippen LogP contribution in [0, 0.1) is 0 Å². The summed E-state index contributed by atoms with van der Waals surface area (Å²) in [6, 6.07) is 5.15. The molecule has 5 nitrogen and oxygen atoms in total. The predicted octanol–water partition coefficient (Wildman–Crippen LogP) is 3.37. The van der Waals surface area contributed by atoms with Crippen molar-refractivity contribution in [2.24, 2.45) is 0 Å². The summed E-state index contributed by atoms with van der Waals surface area (Å²) >= 11 is 5.95. The molecule has 0 fully saturated rings. The lowest BCUT2D eigenvalue weighted by molar-refractivity contribution is -0.119. The second-order valence-corrected chi connectivity index (χ2v) is 5.35. The quantitative estimate of drug-likeness (QED) is 0.684. The number of carbonyl (C=O) groups excluding carboxylic acids is 2. The van der Waals surface area contributed by atoms with E-state index in [4.69, 9.17) is 16.3 Å². The van der Waals surface area contributed by atoms with Crippen LogP contribution in [0.25, 0.3) is 0 Å². The molecule has 0 aliphatic rings. The first-order valence-corrected chi connectivity index (χ1v) is 7.87. The standard InChI is InChI=1S/C16H23ClN2O3/c1-3-22-15-9-8-13(17)11-14(15)19-16(21)7-5-4-6-10-18-12(2)20/h8-9,11H,3-7,10H2,1-2H3,(H,18,20)(H,19,21). The zero-order valence-electron chi connectivity index (χ0n) is 13.1. The second kappa shape index (κ2) is 10.1. The maximum absolute atomic E-state index is 11.9. The normalized spacial score (nSPS) is 10.1. The molecule has 122 valence electrons. The van der Waals surface area contributed by atoms with E-state index in [9.17, 15) is 9.59 Å². The van der Waals surface area contributed by atoms with E-state index < -0.39 is 0 Å². The molecule has 0 aromatic heterocycles. The van der Waals surface area contributed by atoms with Gasteiger partial charge in [0.1, 0.15) is 5.75 Å². The number of ether oxygens (including phenoxy) is 1. The molecular weight excluding hydrogens is 304 g/mol. The van der Waals surface area contributed by atoms with Crippen molar-refractivity contribution in [3.63, 3.8) is 0 Å². The zero-order chi connectivity index (χ0) is 16.4. The van der Waals surface area contributed by atoms with Gasteiger partial charge in [-0.3, -0.25) is 9.59 Å². The molecule has 0 spiro atoms. The molecule has 0 radical (unpaired) electrons. The fraction of sp³-hybridized carbons (Fsp3) is 0.500. The summed E-state index contributed by atoms with van der Waals surface area (Å²) < 4.78 is 5.46. The summed E-state index contributed by atoms with van der Waals surface area (Å²) in [4.78, 5) is 22.6. The van der Waals surface area contributed by atoms with Crippen molar-refractivity contribution in [3.8, 4) is 5.75 Å². The van der Waals surface area contributed by atoms with Crippen molar-refractivity contribution >= 4 is 29.1 Å². The molecule has 0 heterocycles. The summed E-state index contributed by atoms with van der Waals surface area (Å²) in [6.45, 7) is 4.55. The maximum Gasteiger partial charge on any atom is 0.224 e. The van der Waals surface area contributed by atoms with Crippen molar-refractivity contribution in [2.75, 3.05) is 18.5 Å². The van der Waals surface area contributed by atoms with Gasteiger partial charge in [0.25, 0.3) is 0 Å². The molecule has 0 bridgehead atoms. The van der Waals surface area contributed by atoms with Gasteiger partial charge in [0.05, 0.1) is 12.3 Å². The van der Waals surface area contributed by atoms with Crippen molar-refractivity contribution in [3.05, 3.63) is 23.2 Å². The minimum atomic E-state index is -0.0669. The molecule has 1 aromatic carbocycles. The van der Waals surface area contributed by atoms with Gasteiger partial charge in [-0.25, -0.2) is 0 Å². The summed E-state index contributed by atoms with van der Waals surface area (Å²) in [5.41, 5.74) is 0.595. The van der Waals surface area contributed by atoms with E-state index in [1.165, 1.54) is 6.92 Å². The number of rotatable bonds is 9. The van der Waals surface area contributed by atoms with Gasteiger partial charge in [0, 0.05) is 24.9 Å². The molecule has 6 heteroatoms. The van der Waals surface area contributed by atoms with E-state index in [1.807, 2.05) is 6.92 Å². The van der Waals surface area contributed by atoms with Crippen LogP contribution in [0.3, 0.4) is 0 Å². The number of unbranched alkanes of at least 4 members (excludes halogenated alkanes) is 2. The molecule has 0 aliphatic carbocycles. The Bertz CT molecular complexity index is 506. The topological polar surface area (TPSA) is 67.4 Å². The highest BCUT2D eigenvalue weighted by Crippen LogP contribution is 2.28. The zero-order valence-corrected chi connectivity index (χ0v) is 13.8. The van der Waals surface area contributed by atoms with Gasteiger partial charge in [-0.05, 0) is 38.0 Å². The molecule has 0 aliphatic heterocycles. The number of carbonyl (C=O) groups is 2. The van der Waals surface area contributed by atoms with Crippen molar-refractivity contribution in [1.82, 2.24) is 5.32 Å². The Morgan fingerprint density at radius 2 is 2.00 bits per heavy atom. The summed E-state index contributed by atoms with van der Waals surface area (Å²) in [7, 11) is 0. The molecule has 1 rings (SSSR count). The highest BCUT2D eigenvalue weighted by Gasteiger charge is 2.08. The van der Waals surface area contributed by atoms with Gasteiger partial charge in [-0.2, -0.15) is 0 Å². The van der Waals surface area contributed by atoms with Gasteiger partial charge < -0.3 is 15.4 Å². The monoisotopic (exact) mass is 326 g/mol. The number of amides is 2. The van der Waals surface area contributed by atoms with Crippen LogP contribution >= 0.6 is 11.6 Å². The second-order valence-electron chi connectivity index (χ2n) is 4.92. The Morgan fingerprint density at radius 1 is 1.23 bits per heavy atom. The lowest BCUT2D eigenvalue weighted by atomic mass is 10.2. The molecule has 0 atom stereocenters. The van der Waals surface area contributed by atoms with Crippen LogP contribution in [-0.2, 0) is 9.59 Å². The first-order valence-electron chi connectivity index (χ1n) is 7.49. The average molecular weight is 327 g/mol. The van der Waals surface area contributed by atoms with Gasteiger partial charge >= 0.3 is 0 Å². The first-order chi connectivity index (χ1) is 10.5. The van der Waals surface area contributed by atoms with E-state index in [-0.39, 0.29) is 11.8 Å². The predicted molar refractivity (Wildman–Crippen MR) is 88.4 cm³/mol.